The second-order valence-corrected chi connectivity index (χ2v) is 4.81. The van der Waals surface area contributed by atoms with Gasteiger partial charge in [-0.05, 0) is 19.3 Å². The van der Waals surface area contributed by atoms with Crippen molar-refractivity contribution in [3.63, 3.8) is 0 Å². The van der Waals surface area contributed by atoms with E-state index in [1.54, 1.807) is 18.7 Å². The molecule has 0 aromatic heterocycles. The third kappa shape index (κ3) is 3.22. The highest BCUT2D eigenvalue weighted by Crippen LogP contribution is 2.25. The van der Waals surface area contributed by atoms with Crippen molar-refractivity contribution < 1.29 is 14.7 Å². The van der Waals surface area contributed by atoms with Crippen molar-refractivity contribution in [3.05, 3.63) is 0 Å². The smallest absolute Gasteiger partial charge is 0.304 e. The lowest BCUT2D eigenvalue weighted by Crippen LogP contribution is -2.44. The van der Waals surface area contributed by atoms with E-state index in [0.29, 0.717) is 0 Å². The highest BCUT2D eigenvalue weighted by molar-refractivity contribution is 5.86. The molecule has 1 fully saturated rings. The Morgan fingerprint density at radius 3 is 2.20 bits per heavy atom. The van der Waals surface area contributed by atoms with Crippen molar-refractivity contribution >= 4 is 11.9 Å². The molecule has 4 heteroatoms. The first-order chi connectivity index (χ1) is 6.93. The number of carbonyl (C=O) groups excluding carboxylic acids is 1. The molecule has 1 saturated heterocycles. The zero-order chi connectivity index (χ0) is 11.5. The number of hydrogen-bond acceptors (Lipinski definition) is 2. The molecule has 0 radical (unpaired) electrons. The molecule has 15 heavy (non-hydrogen) atoms. The van der Waals surface area contributed by atoms with Gasteiger partial charge in [-0.2, -0.15) is 0 Å². The van der Waals surface area contributed by atoms with E-state index in [2.05, 4.69) is 0 Å². The number of nitrogens with zero attached hydrogens (tertiary/aromatic N) is 1. The summed E-state index contributed by atoms with van der Waals surface area (Å²) in [7, 11) is 0. The Labute approximate surface area is 90.3 Å². The summed E-state index contributed by atoms with van der Waals surface area (Å²) in [5.41, 5.74) is -0.775. The van der Waals surface area contributed by atoms with E-state index in [0.717, 1.165) is 25.9 Å². The van der Waals surface area contributed by atoms with Gasteiger partial charge in [-0.15, -0.1) is 0 Å². The maximum atomic E-state index is 12.0. The van der Waals surface area contributed by atoms with Gasteiger partial charge in [-0.3, -0.25) is 9.59 Å². The van der Waals surface area contributed by atoms with Crippen LogP contribution in [0.15, 0.2) is 0 Å². The van der Waals surface area contributed by atoms with Crippen LogP contribution in [0.3, 0.4) is 0 Å². The normalized spacial score (nSPS) is 17.6. The zero-order valence-corrected chi connectivity index (χ0v) is 9.45. The average molecular weight is 213 g/mol. The molecule has 1 aliphatic rings. The number of carboxylic acid groups (broad SMARTS) is 1. The fourth-order valence-corrected chi connectivity index (χ4v) is 1.98. The third-order valence-electron chi connectivity index (χ3n) is 2.82. The molecule has 1 heterocycles. The number of piperidine rings is 1. The molecular formula is C11H19NO3. The van der Waals surface area contributed by atoms with Gasteiger partial charge in [-0.1, -0.05) is 13.8 Å². The molecule has 86 valence electrons. The van der Waals surface area contributed by atoms with Crippen LogP contribution in [0.1, 0.15) is 39.5 Å². The first-order valence-electron chi connectivity index (χ1n) is 5.45. The van der Waals surface area contributed by atoms with Crippen molar-refractivity contribution in [2.75, 3.05) is 13.1 Å². The Hall–Kier alpha value is -1.06. The number of carboxylic acids is 1. The number of hydrogen-bond donors (Lipinski definition) is 1. The summed E-state index contributed by atoms with van der Waals surface area (Å²) < 4.78 is 0. The number of amides is 1. The van der Waals surface area contributed by atoms with E-state index in [-0.39, 0.29) is 12.3 Å². The van der Waals surface area contributed by atoms with E-state index in [9.17, 15) is 9.59 Å². The highest BCUT2D eigenvalue weighted by atomic mass is 16.4. The largest absolute Gasteiger partial charge is 0.481 e. The topological polar surface area (TPSA) is 57.6 Å². The van der Waals surface area contributed by atoms with Crippen molar-refractivity contribution in [2.45, 2.75) is 39.5 Å². The van der Waals surface area contributed by atoms with Crippen LogP contribution in [0.25, 0.3) is 0 Å². The van der Waals surface area contributed by atoms with Crippen LogP contribution in [0.5, 0.6) is 0 Å². The SMILES string of the molecule is CC(C)(CC(=O)O)C(=O)N1CCCCC1. The summed E-state index contributed by atoms with van der Waals surface area (Å²) in [6.45, 7) is 4.97. The Morgan fingerprint density at radius 1 is 1.20 bits per heavy atom. The molecule has 0 aliphatic carbocycles. The van der Waals surface area contributed by atoms with Gasteiger partial charge in [0.15, 0.2) is 0 Å². The Bertz CT molecular complexity index is 255. The van der Waals surface area contributed by atoms with E-state index in [4.69, 9.17) is 5.11 Å². The molecule has 0 aromatic rings. The van der Waals surface area contributed by atoms with Gasteiger partial charge in [0.2, 0.25) is 5.91 Å². The molecule has 1 rings (SSSR count). The minimum atomic E-state index is -0.912. The van der Waals surface area contributed by atoms with Gasteiger partial charge >= 0.3 is 5.97 Å². The van der Waals surface area contributed by atoms with Crippen LogP contribution >= 0.6 is 0 Å². The fraction of sp³-hybridized carbons (Fsp3) is 0.818. The summed E-state index contributed by atoms with van der Waals surface area (Å²) in [6.07, 6.45) is 3.15. The predicted octanol–water partition coefficient (Wildman–Crippen LogP) is 1.50. The van der Waals surface area contributed by atoms with Crippen LogP contribution in [-0.4, -0.2) is 35.0 Å². The van der Waals surface area contributed by atoms with Gasteiger partial charge in [0, 0.05) is 13.1 Å². The second-order valence-electron chi connectivity index (χ2n) is 4.81. The maximum absolute atomic E-state index is 12.0. The molecule has 1 aliphatic heterocycles. The molecule has 0 bridgehead atoms. The van der Waals surface area contributed by atoms with E-state index >= 15 is 0 Å². The minimum Gasteiger partial charge on any atom is -0.481 e. The molecule has 1 N–H and O–H groups in total. The molecule has 1 amide bonds. The van der Waals surface area contributed by atoms with E-state index < -0.39 is 11.4 Å². The summed E-state index contributed by atoms with van der Waals surface area (Å²) in [5.74, 6) is -0.935. The zero-order valence-electron chi connectivity index (χ0n) is 9.45. The first-order valence-corrected chi connectivity index (χ1v) is 5.45. The van der Waals surface area contributed by atoms with E-state index in [1.807, 2.05) is 0 Å². The van der Waals surface area contributed by atoms with Crippen molar-refractivity contribution in [2.24, 2.45) is 5.41 Å². The number of aliphatic carboxylic acids is 1. The number of likely N-dealkylation sites (tertiary alicyclic amines) is 1. The van der Waals surface area contributed by atoms with Crippen molar-refractivity contribution in [3.8, 4) is 0 Å². The van der Waals surface area contributed by atoms with E-state index in [1.165, 1.54) is 6.42 Å². The van der Waals surface area contributed by atoms with Crippen LogP contribution < -0.4 is 0 Å². The van der Waals surface area contributed by atoms with Crippen LogP contribution in [0.4, 0.5) is 0 Å². The lowest BCUT2D eigenvalue weighted by Gasteiger charge is -2.33. The van der Waals surface area contributed by atoms with Crippen LogP contribution in [0, 0.1) is 5.41 Å². The summed E-state index contributed by atoms with van der Waals surface area (Å²) in [6, 6.07) is 0. The average Bonchev–Trinajstić information content (AvgIpc) is 2.16. The Kier molecular flexibility index (Phi) is 3.72. The molecule has 4 nitrogen and oxygen atoms in total. The van der Waals surface area contributed by atoms with Crippen molar-refractivity contribution in [1.29, 1.82) is 0 Å². The predicted molar refractivity (Wildman–Crippen MR) is 56.5 cm³/mol. The third-order valence-corrected chi connectivity index (χ3v) is 2.82. The molecule has 0 unspecified atom stereocenters. The summed E-state index contributed by atoms with van der Waals surface area (Å²) in [5, 5.41) is 8.73. The van der Waals surface area contributed by atoms with Gasteiger partial charge in [0.1, 0.15) is 0 Å². The van der Waals surface area contributed by atoms with Gasteiger partial charge in [-0.25, -0.2) is 0 Å². The lowest BCUT2D eigenvalue weighted by molar-refractivity contribution is -0.149. The first kappa shape index (κ1) is 12.0. The minimum absolute atomic E-state index is 0.0235. The Morgan fingerprint density at radius 2 is 1.73 bits per heavy atom. The van der Waals surface area contributed by atoms with Gasteiger partial charge in [0.05, 0.1) is 11.8 Å². The standard InChI is InChI=1S/C11H19NO3/c1-11(2,8-9(13)14)10(15)12-6-4-3-5-7-12/h3-8H2,1-2H3,(H,13,14). The molecular weight excluding hydrogens is 194 g/mol. The summed E-state index contributed by atoms with van der Waals surface area (Å²) >= 11 is 0. The van der Waals surface area contributed by atoms with Crippen LogP contribution in [0.2, 0.25) is 0 Å². The van der Waals surface area contributed by atoms with Crippen molar-refractivity contribution in [1.82, 2.24) is 4.90 Å². The highest BCUT2D eigenvalue weighted by Gasteiger charge is 2.34. The molecule has 0 saturated carbocycles. The number of rotatable bonds is 3. The number of carbonyl (C=O) groups is 2. The molecule has 0 aromatic carbocycles. The fourth-order valence-electron chi connectivity index (χ4n) is 1.98. The Balaban J connectivity index is 2.60. The molecule has 0 atom stereocenters. The van der Waals surface area contributed by atoms with Gasteiger partial charge < -0.3 is 10.0 Å². The van der Waals surface area contributed by atoms with Crippen LogP contribution in [-0.2, 0) is 9.59 Å². The quantitative estimate of drug-likeness (QED) is 0.773. The van der Waals surface area contributed by atoms with Gasteiger partial charge in [0.25, 0.3) is 0 Å². The summed E-state index contributed by atoms with van der Waals surface area (Å²) in [4.78, 5) is 24.4. The lowest BCUT2D eigenvalue weighted by atomic mass is 9.87. The monoisotopic (exact) mass is 213 g/mol. The second kappa shape index (κ2) is 4.64. The maximum Gasteiger partial charge on any atom is 0.304 e. The molecule has 0 spiro atoms.